The number of nitrogen functional groups attached to an aromatic ring is 1. The van der Waals surface area contributed by atoms with Crippen LogP contribution in [-0.4, -0.2) is 40.3 Å². The van der Waals surface area contributed by atoms with Gasteiger partial charge in [-0.3, -0.25) is 4.79 Å². The summed E-state index contributed by atoms with van der Waals surface area (Å²) in [6, 6.07) is 11.2. The number of carbonyl (C=O) groups excluding carboxylic acids is 1. The average Bonchev–Trinajstić information content (AvgIpc) is 2.97. The molecule has 2 aromatic rings. The Labute approximate surface area is 171 Å². The van der Waals surface area contributed by atoms with Crippen LogP contribution in [0.15, 0.2) is 36.4 Å². The van der Waals surface area contributed by atoms with E-state index in [1.165, 1.54) is 0 Å². The minimum atomic E-state index is -0.426. The highest BCUT2D eigenvalue weighted by atomic mass is 35.5. The fourth-order valence-electron chi connectivity index (χ4n) is 2.33. The van der Waals surface area contributed by atoms with Crippen molar-refractivity contribution in [1.82, 2.24) is 15.1 Å². The lowest BCUT2D eigenvalue weighted by atomic mass is 10.2. The summed E-state index contributed by atoms with van der Waals surface area (Å²) in [6.45, 7) is 0.587. The van der Waals surface area contributed by atoms with Crippen molar-refractivity contribution in [3.63, 3.8) is 0 Å². The van der Waals surface area contributed by atoms with Crippen LogP contribution in [0.3, 0.4) is 0 Å². The zero-order chi connectivity index (χ0) is 17.4. The highest BCUT2D eigenvalue weighted by Gasteiger charge is 2.12. The maximum Gasteiger partial charge on any atom is 0.236 e. The molecule has 0 aliphatic heterocycles. The number of nitrogens with zero attached hydrogens (tertiary/aromatic N) is 2. The van der Waals surface area contributed by atoms with Gasteiger partial charge in [0.05, 0.1) is 17.4 Å². The number of aryl methyl sites for hydroxylation is 1. The third-order valence-electron chi connectivity index (χ3n) is 3.67. The summed E-state index contributed by atoms with van der Waals surface area (Å²) < 4.78 is 1.73. The van der Waals surface area contributed by atoms with Crippen LogP contribution in [-0.2, 0) is 11.2 Å². The van der Waals surface area contributed by atoms with E-state index in [1.54, 1.807) is 16.4 Å². The molecule has 2 rings (SSSR count). The van der Waals surface area contributed by atoms with E-state index in [9.17, 15) is 4.79 Å². The van der Waals surface area contributed by atoms with E-state index in [0.29, 0.717) is 18.8 Å². The lowest BCUT2D eigenvalue weighted by Crippen LogP contribution is -2.41. The molecule has 0 bridgehead atoms. The van der Waals surface area contributed by atoms with Crippen molar-refractivity contribution in [2.75, 3.05) is 24.3 Å². The van der Waals surface area contributed by atoms with Crippen molar-refractivity contribution in [3.8, 4) is 5.69 Å². The molecule has 1 amide bonds. The topological polar surface area (TPSA) is 99.0 Å². The van der Waals surface area contributed by atoms with Gasteiger partial charge in [-0.05, 0) is 43.4 Å². The van der Waals surface area contributed by atoms with Gasteiger partial charge in [0.25, 0.3) is 0 Å². The molecule has 0 saturated carbocycles. The molecular formula is C17H27Cl2N5OS. The molecule has 146 valence electrons. The Morgan fingerprint density at radius 2 is 2.00 bits per heavy atom. The minimum absolute atomic E-state index is 0. The summed E-state index contributed by atoms with van der Waals surface area (Å²) in [5, 5.41) is 7.40. The molecule has 0 aliphatic carbocycles. The Bertz CT molecular complexity index is 654. The standard InChI is InChI=1S/C17H25N5OS.2ClH/c1-24-11-9-15(18)17(23)20-10-5-6-13-12-16(19)22(21-13)14-7-3-2-4-8-14;;/h2-4,7-8,12,15H,5-6,9-11,18-19H2,1H3,(H,20,23);2*1H/t15-;;/m0../s1. The van der Waals surface area contributed by atoms with E-state index in [0.717, 1.165) is 30.0 Å². The van der Waals surface area contributed by atoms with E-state index < -0.39 is 6.04 Å². The number of thioether (sulfide) groups is 1. The van der Waals surface area contributed by atoms with Gasteiger partial charge in [-0.1, -0.05) is 18.2 Å². The largest absolute Gasteiger partial charge is 0.384 e. The first-order valence-electron chi connectivity index (χ1n) is 8.04. The molecule has 26 heavy (non-hydrogen) atoms. The first kappa shape index (κ1) is 24.6. The van der Waals surface area contributed by atoms with Gasteiger partial charge in [-0.25, -0.2) is 4.68 Å². The van der Waals surface area contributed by atoms with Crippen LogP contribution in [0, 0.1) is 0 Å². The summed E-state index contributed by atoms with van der Waals surface area (Å²) in [6.07, 6.45) is 4.26. The Balaban J connectivity index is 0.00000312. The maximum absolute atomic E-state index is 11.8. The smallest absolute Gasteiger partial charge is 0.236 e. The number of hydrogen-bond donors (Lipinski definition) is 3. The van der Waals surface area contributed by atoms with Gasteiger partial charge < -0.3 is 16.8 Å². The number of anilines is 1. The molecule has 0 aliphatic rings. The number of nitrogens with one attached hydrogen (secondary N) is 1. The van der Waals surface area contributed by atoms with Crippen molar-refractivity contribution in [1.29, 1.82) is 0 Å². The SMILES string of the molecule is CSCC[C@H](N)C(=O)NCCCc1cc(N)n(-c2ccccc2)n1.Cl.Cl. The van der Waals surface area contributed by atoms with Crippen LogP contribution in [0.5, 0.6) is 0 Å². The van der Waals surface area contributed by atoms with E-state index in [-0.39, 0.29) is 30.7 Å². The van der Waals surface area contributed by atoms with Crippen LogP contribution in [0.1, 0.15) is 18.5 Å². The van der Waals surface area contributed by atoms with Crippen LogP contribution < -0.4 is 16.8 Å². The maximum atomic E-state index is 11.8. The van der Waals surface area contributed by atoms with Gasteiger partial charge in [0, 0.05) is 12.6 Å². The highest BCUT2D eigenvalue weighted by molar-refractivity contribution is 7.98. The number of aromatic nitrogens is 2. The van der Waals surface area contributed by atoms with E-state index >= 15 is 0 Å². The quantitative estimate of drug-likeness (QED) is 0.541. The summed E-state index contributed by atoms with van der Waals surface area (Å²) in [4.78, 5) is 11.8. The second kappa shape index (κ2) is 12.9. The highest BCUT2D eigenvalue weighted by Crippen LogP contribution is 2.14. The molecule has 1 heterocycles. The predicted octanol–water partition coefficient (Wildman–Crippen LogP) is 2.43. The molecule has 0 unspecified atom stereocenters. The number of para-hydroxylation sites is 1. The fourth-order valence-corrected chi connectivity index (χ4v) is 2.82. The summed E-state index contributed by atoms with van der Waals surface area (Å²) in [5.41, 5.74) is 13.7. The molecule has 0 spiro atoms. The second-order valence-electron chi connectivity index (χ2n) is 5.59. The van der Waals surface area contributed by atoms with Crippen molar-refractivity contribution in [3.05, 3.63) is 42.1 Å². The third kappa shape index (κ3) is 7.45. The molecule has 5 N–H and O–H groups in total. The summed E-state index contributed by atoms with van der Waals surface area (Å²) in [5.74, 6) is 1.42. The molecule has 0 radical (unpaired) electrons. The van der Waals surface area contributed by atoms with Gasteiger partial charge in [0.15, 0.2) is 0 Å². The number of hydrogen-bond acceptors (Lipinski definition) is 5. The van der Waals surface area contributed by atoms with E-state index in [1.807, 2.05) is 42.7 Å². The fraction of sp³-hybridized carbons (Fsp3) is 0.412. The molecule has 6 nitrogen and oxygen atoms in total. The second-order valence-corrected chi connectivity index (χ2v) is 6.58. The van der Waals surface area contributed by atoms with Crippen LogP contribution in [0.25, 0.3) is 5.69 Å². The van der Waals surface area contributed by atoms with E-state index in [4.69, 9.17) is 11.5 Å². The van der Waals surface area contributed by atoms with E-state index in [2.05, 4.69) is 10.4 Å². The molecule has 0 fully saturated rings. The molecule has 1 aromatic carbocycles. The molecule has 0 saturated heterocycles. The molecule has 9 heteroatoms. The number of amides is 1. The first-order chi connectivity index (χ1) is 11.6. The number of halogens is 2. The van der Waals surface area contributed by atoms with Gasteiger partial charge in [0.2, 0.25) is 5.91 Å². The third-order valence-corrected chi connectivity index (χ3v) is 4.31. The molecule has 1 atom stereocenters. The molecule has 1 aromatic heterocycles. The van der Waals surface area contributed by atoms with Crippen molar-refractivity contribution >= 4 is 48.3 Å². The Morgan fingerprint density at radius 3 is 2.65 bits per heavy atom. The Hall–Kier alpha value is -1.41. The number of carbonyl (C=O) groups is 1. The average molecular weight is 420 g/mol. The van der Waals surface area contributed by atoms with Gasteiger partial charge in [-0.15, -0.1) is 24.8 Å². The lowest BCUT2D eigenvalue weighted by molar-refractivity contribution is -0.122. The monoisotopic (exact) mass is 419 g/mol. The summed E-state index contributed by atoms with van der Waals surface area (Å²) in [7, 11) is 0. The van der Waals surface area contributed by atoms with Crippen LogP contribution in [0.2, 0.25) is 0 Å². The predicted molar refractivity (Wildman–Crippen MR) is 115 cm³/mol. The zero-order valence-corrected chi connectivity index (χ0v) is 17.2. The van der Waals surface area contributed by atoms with Crippen molar-refractivity contribution in [2.24, 2.45) is 5.73 Å². The zero-order valence-electron chi connectivity index (χ0n) is 14.8. The van der Waals surface area contributed by atoms with Crippen molar-refractivity contribution < 1.29 is 4.79 Å². The Kier molecular flexibility index (Phi) is 12.2. The van der Waals surface area contributed by atoms with Crippen LogP contribution >= 0.6 is 36.6 Å². The van der Waals surface area contributed by atoms with Gasteiger partial charge in [0.1, 0.15) is 5.82 Å². The Morgan fingerprint density at radius 1 is 1.31 bits per heavy atom. The number of rotatable bonds is 9. The normalized spacial score (nSPS) is 11.2. The minimum Gasteiger partial charge on any atom is -0.384 e. The molecular weight excluding hydrogens is 393 g/mol. The van der Waals surface area contributed by atoms with Crippen LogP contribution in [0.4, 0.5) is 5.82 Å². The number of benzene rings is 1. The van der Waals surface area contributed by atoms with Crippen molar-refractivity contribution in [2.45, 2.75) is 25.3 Å². The first-order valence-corrected chi connectivity index (χ1v) is 9.43. The lowest BCUT2D eigenvalue weighted by Gasteiger charge is -2.11. The number of nitrogens with two attached hydrogens (primary N) is 2. The summed E-state index contributed by atoms with van der Waals surface area (Å²) >= 11 is 1.69. The van der Waals surface area contributed by atoms with Gasteiger partial charge in [-0.2, -0.15) is 16.9 Å². The van der Waals surface area contributed by atoms with Gasteiger partial charge >= 0.3 is 0 Å².